The maximum absolute atomic E-state index is 11.8. The van der Waals surface area contributed by atoms with Crippen LogP contribution in [-0.2, 0) is 9.59 Å². The van der Waals surface area contributed by atoms with E-state index in [4.69, 9.17) is 0 Å². The van der Waals surface area contributed by atoms with E-state index in [0.717, 1.165) is 12.8 Å². The van der Waals surface area contributed by atoms with Gasteiger partial charge in [-0.3, -0.25) is 9.59 Å². The Morgan fingerprint density at radius 2 is 2.18 bits per heavy atom. The van der Waals surface area contributed by atoms with Crippen LogP contribution < -0.4 is 10.6 Å². The first-order valence-electron chi connectivity index (χ1n) is 6.25. The predicted octanol–water partition coefficient (Wildman–Crippen LogP) is 0.180. The van der Waals surface area contributed by atoms with Crippen LogP contribution in [0.2, 0.25) is 0 Å². The fourth-order valence-corrected chi connectivity index (χ4v) is 1.99. The fourth-order valence-electron chi connectivity index (χ4n) is 1.99. The normalized spacial score (nSPS) is 20.2. The van der Waals surface area contributed by atoms with Crippen LogP contribution in [0, 0.1) is 5.41 Å². The van der Waals surface area contributed by atoms with Gasteiger partial charge in [-0.25, -0.2) is 0 Å². The Balaban J connectivity index is 2.44. The summed E-state index contributed by atoms with van der Waals surface area (Å²) >= 11 is 0. The Kier molecular flexibility index (Phi) is 4.93. The number of amides is 2. The van der Waals surface area contributed by atoms with Crippen LogP contribution in [-0.4, -0.2) is 36.1 Å². The third-order valence-corrected chi connectivity index (χ3v) is 3.78. The quantitative estimate of drug-likeness (QED) is 0.621. The Morgan fingerprint density at radius 1 is 1.53 bits per heavy atom. The largest absolute Gasteiger partial charge is 0.396 e. The minimum absolute atomic E-state index is 0.0652. The third-order valence-electron chi connectivity index (χ3n) is 3.78. The van der Waals surface area contributed by atoms with E-state index in [0.29, 0.717) is 19.4 Å². The van der Waals surface area contributed by atoms with Crippen molar-refractivity contribution in [3.63, 3.8) is 0 Å². The summed E-state index contributed by atoms with van der Waals surface area (Å²) in [6.07, 6.45) is 2.62. The van der Waals surface area contributed by atoms with Gasteiger partial charge in [-0.05, 0) is 19.3 Å². The Morgan fingerprint density at radius 3 is 2.59 bits per heavy atom. The summed E-state index contributed by atoms with van der Waals surface area (Å²) in [5.41, 5.74) is -0.238. The third kappa shape index (κ3) is 3.43. The van der Waals surface area contributed by atoms with Crippen molar-refractivity contribution < 1.29 is 14.7 Å². The predicted molar refractivity (Wildman–Crippen MR) is 64.3 cm³/mol. The lowest BCUT2D eigenvalue weighted by atomic mass is 9.83. The van der Waals surface area contributed by atoms with E-state index in [1.54, 1.807) is 0 Å². The Hall–Kier alpha value is -1.10. The molecule has 0 aromatic carbocycles. The smallest absolute Gasteiger partial charge is 0.242 e. The molecular formula is C12H22N2O3. The highest BCUT2D eigenvalue weighted by molar-refractivity contribution is 5.90. The van der Waals surface area contributed by atoms with Crippen LogP contribution in [0.1, 0.15) is 39.5 Å². The molecule has 0 radical (unpaired) electrons. The van der Waals surface area contributed by atoms with E-state index in [9.17, 15) is 14.7 Å². The minimum Gasteiger partial charge on any atom is -0.396 e. The topological polar surface area (TPSA) is 78.4 Å². The number of carbonyl (C=O) groups excluding carboxylic acids is 2. The minimum atomic E-state index is -0.396. The molecule has 1 aliphatic heterocycles. The van der Waals surface area contributed by atoms with Crippen LogP contribution in [0.5, 0.6) is 0 Å². The molecule has 1 heterocycles. The summed E-state index contributed by atoms with van der Waals surface area (Å²) < 4.78 is 0. The van der Waals surface area contributed by atoms with Gasteiger partial charge in [0.1, 0.15) is 6.04 Å². The number of aliphatic hydroxyl groups excluding tert-OH is 1. The molecule has 1 atom stereocenters. The van der Waals surface area contributed by atoms with E-state index < -0.39 is 6.04 Å². The van der Waals surface area contributed by atoms with E-state index in [-0.39, 0.29) is 23.8 Å². The lowest BCUT2D eigenvalue weighted by Gasteiger charge is -2.30. The van der Waals surface area contributed by atoms with Crippen molar-refractivity contribution >= 4 is 11.8 Å². The van der Waals surface area contributed by atoms with Crippen molar-refractivity contribution in [3.05, 3.63) is 0 Å². The molecule has 2 amide bonds. The molecule has 0 aliphatic carbocycles. The second-order valence-electron chi connectivity index (χ2n) is 4.74. The van der Waals surface area contributed by atoms with Crippen LogP contribution in [0.3, 0.4) is 0 Å². The lowest BCUT2D eigenvalue weighted by molar-refractivity contribution is -0.126. The molecule has 0 saturated carbocycles. The van der Waals surface area contributed by atoms with Crippen molar-refractivity contribution in [2.75, 3.05) is 13.2 Å². The molecule has 1 rings (SSSR count). The average molecular weight is 242 g/mol. The molecule has 98 valence electrons. The number of nitrogens with one attached hydrogen (secondary N) is 2. The zero-order chi connectivity index (χ0) is 12.9. The van der Waals surface area contributed by atoms with Gasteiger partial charge in [-0.1, -0.05) is 13.8 Å². The molecule has 0 aromatic heterocycles. The first-order valence-corrected chi connectivity index (χ1v) is 6.25. The molecule has 1 fully saturated rings. The van der Waals surface area contributed by atoms with E-state index in [1.807, 2.05) is 13.8 Å². The number of rotatable bonds is 6. The molecule has 5 nitrogen and oxygen atoms in total. The molecule has 1 saturated heterocycles. The Labute approximate surface area is 102 Å². The van der Waals surface area contributed by atoms with Gasteiger partial charge in [0.05, 0.1) is 6.61 Å². The van der Waals surface area contributed by atoms with Gasteiger partial charge in [0.15, 0.2) is 0 Å². The summed E-state index contributed by atoms with van der Waals surface area (Å²) in [6.45, 7) is 4.53. The van der Waals surface area contributed by atoms with Gasteiger partial charge in [0.2, 0.25) is 11.8 Å². The molecule has 0 bridgehead atoms. The maximum Gasteiger partial charge on any atom is 0.242 e. The van der Waals surface area contributed by atoms with Gasteiger partial charge in [0, 0.05) is 18.4 Å². The highest BCUT2D eigenvalue weighted by atomic mass is 16.3. The summed E-state index contributed by atoms with van der Waals surface area (Å²) in [4.78, 5) is 22.8. The average Bonchev–Trinajstić information content (AvgIpc) is 2.78. The van der Waals surface area contributed by atoms with E-state index in [1.165, 1.54) is 0 Å². The van der Waals surface area contributed by atoms with Crippen LogP contribution in [0.4, 0.5) is 0 Å². The maximum atomic E-state index is 11.8. The molecular weight excluding hydrogens is 220 g/mol. The summed E-state index contributed by atoms with van der Waals surface area (Å²) in [6, 6.07) is -0.396. The summed E-state index contributed by atoms with van der Waals surface area (Å²) in [5, 5.41) is 14.8. The highest BCUT2D eigenvalue weighted by Gasteiger charge is 2.30. The second kappa shape index (κ2) is 6.00. The van der Waals surface area contributed by atoms with E-state index >= 15 is 0 Å². The van der Waals surface area contributed by atoms with Crippen molar-refractivity contribution in [2.45, 2.75) is 45.6 Å². The molecule has 3 N–H and O–H groups in total. The molecule has 0 aromatic rings. The van der Waals surface area contributed by atoms with Gasteiger partial charge < -0.3 is 15.7 Å². The van der Waals surface area contributed by atoms with Crippen molar-refractivity contribution in [1.29, 1.82) is 0 Å². The zero-order valence-corrected chi connectivity index (χ0v) is 10.6. The highest BCUT2D eigenvalue weighted by Crippen LogP contribution is 2.24. The van der Waals surface area contributed by atoms with Crippen molar-refractivity contribution in [3.8, 4) is 0 Å². The van der Waals surface area contributed by atoms with E-state index in [2.05, 4.69) is 10.6 Å². The first-order chi connectivity index (χ1) is 8.06. The van der Waals surface area contributed by atoms with Crippen LogP contribution in [0.15, 0.2) is 0 Å². The monoisotopic (exact) mass is 242 g/mol. The van der Waals surface area contributed by atoms with Crippen LogP contribution in [0.25, 0.3) is 0 Å². The molecule has 17 heavy (non-hydrogen) atoms. The molecule has 5 heteroatoms. The lowest BCUT2D eigenvalue weighted by Crippen LogP contribution is -2.46. The van der Waals surface area contributed by atoms with Gasteiger partial charge in [-0.15, -0.1) is 0 Å². The Bertz CT molecular complexity index is 279. The second-order valence-corrected chi connectivity index (χ2v) is 4.74. The fraction of sp³-hybridized carbons (Fsp3) is 0.833. The molecule has 0 spiro atoms. The van der Waals surface area contributed by atoms with Gasteiger partial charge in [0.25, 0.3) is 0 Å². The number of hydrogen-bond donors (Lipinski definition) is 3. The SMILES string of the molecule is CCC(CC)(CO)CNC(=O)[C@@H]1CCC(=O)N1. The van der Waals surface area contributed by atoms with Crippen LogP contribution >= 0.6 is 0 Å². The summed E-state index contributed by atoms with van der Waals surface area (Å²) in [7, 11) is 0. The molecule has 0 unspecified atom stereocenters. The standard InChI is InChI=1S/C12H22N2O3/c1-3-12(4-2,8-15)7-13-11(17)9-5-6-10(16)14-9/h9,15H,3-8H2,1-2H3,(H,13,17)(H,14,16)/t9-/m0/s1. The summed E-state index contributed by atoms with van der Waals surface area (Å²) in [5.74, 6) is -0.208. The number of hydrogen-bond acceptors (Lipinski definition) is 3. The number of aliphatic hydroxyl groups is 1. The zero-order valence-electron chi connectivity index (χ0n) is 10.6. The molecule has 1 aliphatic rings. The van der Waals surface area contributed by atoms with Crippen molar-refractivity contribution in [1.82, 2.24) is 10.6 Å². The van der Waals surface area contributed by atoms with Crippen molar-refractivity contribution in [2.24, 2.45) is 5.41 Å². The van der Waals surface area contributed by atoms with Gasteiger partial charge >= 0.3 is 0 Å². The first kappa shape index (κ1) is 14.0. The number of carbonyl (C=O) groups is 2. The van der Waals surface area contributed by atoms with Gasteiger partial charge in [-0.2, -0.15) is 0 Å².